The van der Waals surface area contributed by atoms with Gasteiger partial charge in [-0.05, 0) is 86.1 Å². The highest BCUT2D eigenvalue weighted by Crippen LogP contribution is 2.42. The third-order valence-electron chi connectivity index (χ3n) is 8.25. The minimum atomic E-state index is -4.55. The summed E-state index contributed by atoms with van der Waals surface area (Å²) in [7, 11) is 0. The highest BCUT2D eigenvalue weighted by Gasteiger charge is 2.43. The first-order valence-electron chi connectivity index (χ1n) is 12.9. The summed E-state index contributed by atoms with van der Waals surface area (Å²) in [5.41, 5.74) is 2.30. The SMILES string of the molecule is Cc1cc(-c2cc(C(F)(F)F)c(N[C@H]3C[C@@H]4CN(CC5CCOCC5)C[C@@H]4C3)nn2)c(C)cc1CO. The lowest BCUT2D eigenvalue weighted by atomic mass is 9.97. The number of nitrogens with one attached hydrogen (secondary N) is 1. The second-order valence-corrected chi connectivity index (χ2v) is 10.8. The fourth-order valence-corrected chi connectivity index (χ4v) is 6.32. The van der Waals surface area contributed by atoms with Crippen LogP contribution in [0.3, 0.4) is 0 Å². The molecule has 2 saturated heterocycles. The normalized spacial score (nSPS) is 25.3. The molecule has 0 unspecified atom stereocenters. The molecule has 2 N–H and O–H groups in total. The van der Waals surface area contributed by atoms with Gasteiger partial charge in [-0.3, -0.25) is 0 Å². The zero-order valence-electron chi connectivity index (χ0n) is 20.9. The third kappa shape index (κ3) is 5.38. The van der Waals surface area contributed by atoms with Crippen molar-refractivity contribution >= 4 is 5.82 Å². The molecule has 1 saturated carbocycles. The van der Waals surface area contributed by atoms with Gasteiger partial charge in [0.2, 0.25) is 0 Å². The summed E-state index contributed by atoms with van der Waals surface area (Å²) in [4.78, 5) is 2.55. The van der Waals surface area contributed by atoms with Crippen LogP contribution < -0.4 is 5.32 Å². The van der Waals surface area contributed by atoms with E-state index in [1.54, 1.807) is 19.1 Å². The average molecular weight is 505 g/mol. The van der Waals surface area contributed by atoms with E-state index in [9.17, 15) is 18.3 Å². The van der Waals surface area contributed by atoms with E-state index in [1.165, 1.54) is 0 Å². The summed E-state index contributed by atoms with van der Waals surface area (Å²) in [6.07, 6.45) is -0.589. The monoisotopic (exact) mass is 504 g/mol. The summed E-state index contributed by atoms with van der Waals surface area (Å²) >= 11 is 0. The Bertz CT molecular complexity index is 1070. The first kappa shape index (κ1) is 25.4. The number of rotatable bonds is 6. The van der Waals surface area contributed by atoms with Gasteiger partial charge < -0.3 is 20.1 Å². The Labute approximate surface area is 210 Å². The summed E-state index contributed by atoms with van der Waals surface area (Å²) in [6, 6.07) is 4.62. The molecule has 3 atom stereocenters. The molecule has 1 aromatic carbocycles. The Balaban J connectivity index is 1.28. The summed E-state index contributed by atoms with van der Waals surface area (Å²) < 4.78 is 47.7. The first-order valence-corrected chi connectivity index (χ1v) is 12.9. The Morgan fingerprint density at radius 3 is 2.36 bits per heavy atom. The van der Waals surface area contributed by atoms with Gasteiger partial charge in [-0.15, -0.1) is 10.2 Å². The topological polar surface area (TPSA) is 70.5 Å². The van der Waals surface area contributed by atoms with Crippen LogP contribution in [0.25, 0.3) is 11.3 Å². The zero-order chi connectivity index (χ0) is 25.4. The third-order valence-corrected chi connectivity index (χ3v) is 8.25. The van der Waals surface area contributed by atoms with E-state index >= 15 is 0 Å². The highest BCUT2D eigenvalue weighted by molar-refractivity contribution is 5.67. The number of anilines is 1. The Morgan fingerprint density at radius 1 is 1.03 bits per heavy atom. The lowest BCUT2D eigenvalue weighted by molar-refractivity contribution is -0.137. The molecule has 0 amide bonds. The van der Waals surface area contributed by atoms with Crippen LogP contribution in [0.4, 0.5) is 19.0 Å². The minimum Gasteiger partial charge on any atom is -0.392 e. The lowest BCUT2D eigenvalue weighted by Gasteiger charge is -2.28. The molecule has 3 aliphatic rings. The molecule has 1 aliphatic carbocycles. The van der Waals surface area contributed by atoms with Gasteiger partial charge in [-0.25, -0.2) is 0 Å². The van der Waals surface area contributed by atoms with Crippen LogP contribution in [0.2, 0.25) is 0 Å². The van der Waals surface area contributed by atoms with Gasteiger partial charge in [0, 0.05) is 44.5 Å². The fraction of sp³-hybridized carbons (Fsp3) is 0.630. The predicted octanol–water partition coefficient (Wildman–Crippen LogP) is 4.82. The zero-order valence-corrected chi connectivity index (χ0v) is 20.9. The quantitative estimate of drug-likeness (QED) is 0.588. The number of hydrogen-bond acceptors (Lipinski definition) is 6. The van der Waals surface area contributed by atoms with E-state index in [0.29, 0.717) is 23.3 Å². The molecule has 5 rings (SSSR count). The summed E-state index contributed by atoms with van der Waals surface area (Å²) in [5, 5.41) is 20.8. The Morgan fingerprint density at radius 2 is 1.72 bits per heavy atom. The maximum atomic E-state index is 14.1. The Hall–Kier alpha value is -2.23. The van der Waals surface area contributed by atoms with Crippen LogP contribution >= 0.6 is 0 Å². The standard InChI is InChI=1S/C27H35F3N4O2/c1-16-8-23(17(2)7-21(16)15-35)25-11-24(27(28,29)30)26(33-32-25)31-22-9-19-13-34(14-20(19)10-22)12-18-3-5-36-6-4-18/h7-8,11,18-20,22,35H,3-6,9-10,12-15H2,1-2H3,(H,31,33)/t19-,20+,22+. The summed E-state index contributed by atoms with van der Waals surface area (Å²) in [6.45, 7) is 8.38. The number of fused-ring (bicyclic) bond motifs is 1. The van der Waals surface area contributed by atoms with E-state index in [1.807, 2.05) is 6.92 Å². The molecule has 2 aliphatic heterocycles. The number of hydrogen-bond donors (Lipinski definition) is 2. The number of alkyl halides is 3. The van der Waals surface area contributed by atoms with Crippen molar-refractivity contribution in [2.45, 2.75) is 58.4 Å². The number of aliphatic hydroxyl groups excluding tert-OH is 1. The first-order chi connectivity index (χ1) is 17.2. The largest absolute Gasteiger partial charge is 0.420 e. The van der Waals surface area contributed by atoms with Crippen molar-refractivity contribution in [1.29, 1.82) is 0 Å². The molecule has 36 heavy (non-hydrogen) atoms. The van der Waals surface area contributed by atoms with Crippen molar-refractivity contribution in [3.8, 4) is 11.3 Å². The van der Waals surface area contributed by atoms with Crippen molar-refractivity contribution in [2.75, 3.05) is 38.2 Å². The number of halogens is 3. The number of aryl methyl sites for hydroxylation is 2. The smallest absolute Gasteiger partial charge is 0.392 e. The second-order valence-electron chi connectivity index (χ2n) is 10.8. The van der Waals surface area contributed by atoms with Crippen LogP contribution in [-0.4, -0.2) is 59.1 Å². The van der Waals surface area contributed by atoms with Gasteiger partial charge in [0.1, 0.15) is 5.56 Å². The number of aliphatic hydroxyl groups is 1. The predicted molar refractivity (Wildman–Crippen MR) is 131 cm³/mol. The maximum absolute atomic E-state index is 14.1. The molecular formula is C27H35F3N4O2. The number of ether oxygens (including phenoxy) is 1. The number of likely N-dealkylation sites (tertiary alicyclic amines) is 1. The maximum Gasteiger partial charge on any atom is 0.420 e. The van der Waals surface area contributed by atoms with Crippen molar-refractivity contribution in [2.24, 2.45) is 17.8 Å². The minimum absolute atomic E-state index is 0.0284. The van der Waals surface area contributed by atoms with Crippen molar-refractivity contribution in [1.82, 2.24) is 15.1 Å². The molecule has 3 fully saturated rings. The van der Waals surface area contributed by atoms with Gasteiger partial charge in [-0.2, -0.15) is 13.2 Å². The molecular weight excluding hydrogens is 469 g/mol. The van der Waals surface area contributed by atoms with Crippen LogP contribution in [0.5, 0.6) is 0 Å². The molecule has 0 spiro atoms. The van der Waals surface area contributed by atoms with Gasteiger partial charge in [0.05, 0.1) is 12.3 Å². The molecule has 2 aromatic rings. The van der Waals surface area contributed by atoms with Crippen LogP contribution in [-0.2, 0) is 17.5 Å². The van der Waals surface area contributed by atoms with Crippen LogP contribution in [0.15, 0.2) is 18.2 Å². The fourth-order valence-electron chi connectivity index (χ4n) is 6.32. The number of benzene rings is 1. The molecule has 1 aromatic heterocycles. The van der Waals surface area contributed by atoms with E-state index < -0.39 is 11.7 Å². The molecule has 0 bridgehead atoms. The van der Waals surface area contributed by atoms with E-state index in [0.717, 1.165) is 81.3 Å². The van der Waals surface area contributed by atoms with Crippen molar-refractivity contribution < 1.29 is 23.0 Å². The average Bonchev–Trinajstić information content (AvgIpc) is 3.38. The molecule has 3 heterocycles. The van der Waals surface area contributed by atoms with Crippen LogP contribution in [0.1, 0.15) is 47.9 Å². The second kappa shape index (κ2) is 10.3. The van der Waals surface area contributed by atoms with Gasteiger partial charge in [0.15, 0.2) is 5.82 Å². The van der Waals surface area contributed by atoms with Gasteiger partial charge in [-0.1, -0.05) is 6.07 Å². The van der Waals surface area contributed by atoms with Gasteiger partial charge in [0.25, 0.3) is 0 Å². The van der Waals surface area contributed by atoms with Crippen molar-refractivity contribution in [3.63, 3.8) is 0 Å². The van der Waals surface area contributed by atoms with E-state index in [2.05, 4.69) is 20.4 Å². The van der Waals surface area contributed by atoms with Gasteiger partial charge >= 0.3 is 6.18 Å². The summed E-state index contributed by atoms with van der Waals surface area (Å²) in [5.74, 6) is 1.54. The molecule has 9 heteroatoms. The van der Waals surface area contributed by atoms with Crippen LogP contribution in [0, 0.1) is 31.6 Å². The van der Waals surface area contributed by atoms with Crippen molar-refractivity contribution in [3.05, 3.63) is 40.5 Å². The lowest BCUT2D eigenvalue weighted by Crippen LogP contribution is -2.32. The van der Waals surface area contributed by atoms with E-state index in [-0.39, 0.29) is 24.2 Å². The number of nitrogens with zero attached hydrogens (tertiary/aromatic N) is 3. The highest BCUT2D eigenvalue weighted by atomic mass is 19.4. The molecule has 6 nitrogen and oxygen atoms in total. The number of aromatic nitrogens is 2. The molecule has 0 radical (unpaired) electrons. The Kier molecular flexibility index (Phi) is 7.25. The van der Waals surface area contributed by atoms with E-state index in [4.69, 9.17) is 4.74 Å². The molecule has 196 valence electrons.